The number of nitrogens with two attached hydrogens (primary N) is 1. The Morgan fingerprint density at radius 1 is 1.54 bits per heavy atom. The van der Waals surface area contributed by atoms with Crippen molar-refractivity contribution >= 4 is 0 Å². The highest BCUT2D eigenvalue weighted by Crippen LogP contribution is 2.12. The predicted octanol–water partition coefficient (Wildman–Crippen LogP) is 0.832. The Bertz CT molecular complexity index is 263. The molecule has 0 aliphatic heterocycles. The van der Waals surface area contributed by atoms with Gasteiger partial charge in [-0.05, 0) is 25.5 Å². The molecule has 0 aliphatic rings. The number of ether oxygens (including phenoxy) is 1. The number of hydrogen-bond acceptors (Lipinski definition) is 4. The summed E-state index contributed by atoms with van der Waals surface area (Å²) < 4.78 is 5.47. The maximum absolute atomic E-state index is 5.47. The number of rotatable bonds is 4. The van der Waals surface area contributed by atoms with E-state index in [-0.39, 0.29) is 6.10 Å². The number of pyridine rings is 1. The average Bonchev–Trinajstić information content (AvgIpc) is 2.04. The van der Waals surface area contributed by atoms with Crippen LogP contribution in [0.4, 0.5) is 0 Å². The first kappa shape index (κ1) is 9.95. The summed E-state index contributed by atoms with van der Waals surface area (Å²) in [6.07, 6.45) is 3.62. The van der Waals surface area contributed by atoms with E-state index >= 15 is 0 Å². The van der Waals surface area contributed by atoms with Gasteiger partial charge >= 0.3 is 0 Å². The Hall–Kier alpha value is -1.13. The highest BCUT2D eigenvalue weighted by Gasteiger charge is 1.99. The van der Waals surface area contributed by atoms with Crippen LogP contribution in [-0.4, -0.2) is 11.1 Å². The molecule has 0 spiro atoms. The van der Waals surface area contributed by atoms with Crippen LogP contribution < -0.4 is 16.0 Å². The van der Waals surface area contributed by atoms with Gasteiger partial charge in [0.25, 0.3) is 0 Å². The van der Waals surface area contributed by atoms with Crippen molar-refractivity contribution in [3.8, 4) is 5.75 Å². The summed E-state index contributed by atoms with van der Waals surface area (Å²) in [7, 11) is 0. The van der Waals surface area contributed by atoms with E-state index in [0.717, 1.165) is 11.3 Å². The molecule has 0 unspecified atom stereocenters. The van der Waals surface area contributed by atoms with Crippen LogP contribution in [0.5, 0.6) is 5.75 Å². The number of nitrogens with one attached hydrogen (secondary N) is 1. The molecule has 0 saturated heterocycles. The second-order valence-electron chi connectivity index (χ2n) is 3.08. The Morgan fingerprint density at radius 2 is 2.31 bits per heavy atom. The first-order chi connectivity index (χ1) is 6.22. The van der Waals surface area contributed by atoms with Crippen LogP contribution >= 0.6 is 0 Å². The second-order valence-corrected chi connectivity index (χ2v) is 3.08. The number of hydrogen-bond donors (Lipinski definition) is 2. The molecular formula is C9H15N3O. The molecule has 13 heavy (non-hydrogen) atoms. The van der Waals surface area contributed by atoms with Crippen LogP contribution in [0.25, 0.3) is 0 Å². The lowest BCUT2D eigenvalue weighted by Crippen LogP contribution is -2.20. The van der Waals surface area contributed by atoms with Gasteiger partial charge in [0, 0.05) is 12.7 Å². The van der Waals surface area contributed by atoms with Crippen molar-refractivity contribution < 1.29 is 4.74 Å². The number of aromatic nitrogens is 1. The molecule has 0 aliphatic carbocycles. The van der Waals surface area contributed by atoms with E-state index in [1.54, 1.807) is 12.4 Å². The van der Waals surface area contributed by atoms with Gasteiger partial charge in [0.05, 0.1) is 12.3 Å². The maximum Gasteiger partial charge on any atom is 0.138 e. The van der Waals surface area contributed by atoms with Crippen LogP contribution in [0.3, 0.4) is 0 Å². The minimum Gasteiger partial charge on any atom is -0.489 e. The van der Waals surface area contributed by atoms with Crippen LogP contribution in [0.2, 0.25) is 0 Å². The van der Waals surface area contributed by atoms with Crippen molar-refractivity contribution in [3.05, 3.63) is 24.0 Å². The van der Waals surface area contributed by atoms with E-state index in [2.05, 4.69) is 10.4 Å². The third-order valence-electron chi connectivity index (χ3n) is 1.45. The van der Waals surface area contributed by atoms with Crippen molar-refractivity contribution in [2.45, 2.75) is 26.5 Å². The smallest absolute Gasteiger partial charge is 0.138 e. The molecule has 4 heteroatoms. The standard InChI is InChI=1S/C9H15N3O/c1-7(2)13-9-3-8(5-12-10)4-11-6-9/h3-4,6-7,12H,5,10H2,1-2H3. The molecule has 1 rings (SSSR count). The summed E-state index contributed by atoms with van der Waals surface area (Å²) in [4.78, 5) is 4.04. The number of hydrazine groups is 1. The topological polar surface area (TPSA) is 60.2 Å². The molecule has 1 aromatic rings. The fraction of sp³-hybridized carbons (Fsp3) is 0.444. The third kappa shape index (κ3) is 3.40. The summed E-state index contributed by atoms with van der Waals surface area (Å²) in [5.41, 5.74) is 3.58. The Kier molecular flexibility index (Phi) is 3.67. The summed E-state index contributed by atoms with van der Waals surface area (Å²) >= 11 is 0. The highest BCUT2D eigenvalue weighted by atomic mass is 16.5. The van der Waals surface area contributed by atoms with Gasteiger partial charge in [0.15, 0.2) is 0 Å². The SMILES string of the molecule is CC(C)Oc1cncc(CNN)c1. The fourth-order valence-corrected chi connectivity index (χ4v) is 1.01. The minimum atomic E-state index is 0.169. The normalized spacial score (nSPS) is 10.5. The molecular weight excluding hydrogens is 166 g/mol. The van der Waals surface area contributed by atoms with Gasteiger partial charge in [-0.2, -0.15) is 0 Å². The lowest BCUT2D eigenvalue weighted by Gasteiger charge is -2.09. The monoisotopic (exact) mass is 181 g/mol. The van der Waals surface area contributed by atoms with E-state index in [4.69, 9.17) is 10.6 Å². The van der Waals surface area contributed by atoms with Crippen LogP contribution in [0.15, 0.2) is 18.5 Å². The molecule has 0 aromatic carbocycles. The van der Waals surface area contributed by atoms with Gasteiger partial charge in [0.2, 0.25) is 0 Å². The molecule has 0 radical (unpaired) electrons. The quantitative estimate of drug-likeness (QED) is 0.533. The van der Waals surface area contributed by atoms with Crippen LogP contribution in [0.1, 0.15) is 19.4 Å². The second kappa shape index (κ2) is 4.79. The van der Waals surface area contributed by atoms with E-state index in [9.17, 15) is 0 Å². The van der Waals surface area contributed by atoms with E-state index < -0.39 is 0 Å². The van der Waals surface area contributed by atoms with Crippen molar-refractivity contribution in [2.24, 2.45) is 5.84 Å². The van der Waals surface area contributed by atoms with Gasteiger partial charge in [0.1, 0.15) is 5.75 Å². The highest BCUT2D eigenvalue weighted by molar-refractivity contribution is 5.23. The first-order valence-corrected chi connectivity index (χ1v) is 4.26. The Balaban J connectivity index is 2.67. The van der Waals surface area contributed by atoms with E-state index in [1.165, 1.54) is 0 Å². The summed E-state index contributed by atoms with van der Waals surface area (Å²) in [5, 5.41) is 0. The van der Waals surface area contributed by atoms with Crippen molar-refractivity contribution in [2.75, 3.05) is 0 Å². The first-order valence-electron chi connectivity index (χ1n) is 4.26. The molecule has 1 aromatic heterocycles. The largest absolute Gasteiger partial charge is 0.489 e. The average molecular weight is 181 g/mol. The zero-order valence-electron chi connectivity index (χ0n) is 7.95. The Morgan fingerprint density at radius 3 is 2.92 bits per heavy atom. The molecule has 0 fully saturated rings. The van der Waals surface area contributed by atoms with Gasteiger partial charge < -0.3 is 4.74 Å². The molecule has 3 N–H and O–H groups in total. The molecule has 72 valence electrons. The lowest BCUT2D eigenvalue weighted by molar-refractivity contribution is 0.241. The molecule has 0 saturated carbocycles. The zero-order valence-corrected chi connectivity index (χ0v) is 7.95. The van der Waals surface area contributed by atoms with Crippen molar-refractivity contribution in [3.63, 3.8) is 0 Å². The van der Waals surface area contributed by atoms with Crippen LogP contribution in [-0.2, 0) is 6.54 Å². The molecule has 0 atom stereocenters. The van der Waals surface area contributed by atoms with Crippen LogP contribution in [0, 0.1) is 0 Å². The fourth-order valence-electron chi connectivity index (χ4n) is 1.01. The van der Waals surface area contributed by atoms with Gasteiger partial charge in [-0.15, -0.1) is 0 Å². The van der Waals surface area contributed by atoms with Crippen molar-refractivity contribution in [1.29, 1.82) is 0 Å². The van der Waals surface area contributed by atoms with E-state index in [1.807, 2.05) is 19.9 Å². The van der Waals surface area contributed by atoms with Gasteiger partial charge in [-0.25, -0.2) is 0 Å². The molecule has 0 bridgehead atoms. The Labute approximate surface area is 78.1 Å². The number of nitrogens with zero attached hydrogens (tertiary/aromatic N) is 1. The summed E-state index contributed by atoms with van der Waals surface area (Å²) in [5.74, 6) is 5.97. The zero-order chi connectivity index (χ0) is 9.68. The minimum absolute atomic E-state index is 0.169. The molecule has 0 amide bonds. The van der Waals surface area contributed by atoms with E-state index in [0.29, 0.717) is 6.54 Å². The third-order valence-corrected chi connectivity index (χ3v) is 1.45. The molecule has 4 nitrogen and oxygen atoms in total. The summed E-state index contributed by atoms with van der Waals surface area (Å²) in [6.45, 7) is 4.56. The van der Waals surface area contributed by atoms with Gasteiger partial charge in [-0.1, -0.05) is 0 Å². The maximum atomic E-state index is 5.47. The molecule has 1 heterocycles. The van der Waals surface area contributed by atoms with Gasteiger partial charge in [-0.3, -0.25) is 16.3 Å². The summed E-state index contributed by atoms with van der Waals surface area (Å²) in [6, 6.07) is 1.92. The van der Waals surface area contributed by atoms with Crippen molar-refractivity contribution in [1.82, 2.24) is 10.4 Å². The predicted molar refractivity (Wildman–Crippen MR) is 51.0 cm³/mol. The lowest BCUT2D eigenvalue weighted by atomic mass is 10.3.